The summed E-state index contributed by atoms with van der Waals surface area (Å²) in [7, 11) is 0. The van der Waals surface area contributed by atoms with Crippen molar-refractivity contribution < 1.29 is 13.2 Å². The molecule has 0 saturated heterocycles. The zero-order chi connectivity index (χ0) is 11.9. The Balaban J connectivity index is 3.62. The van der Waals surface area contributed by atoms with Crippen molar-refractivity contribution in [2.75, 3.05) is 12.4 Å². The van der Waals surface area contributed by atoms with Crippen LogP contribution in [0.3, 0.4) is 0 Å². The molecular formula is C10H19ClF3N. The lowest BCUT2D eigenvalue weighted by molar-refractivity contribution is -0.135. The van der Waals surface area contributed by atoms with Crippen LogP contribution in [0.2, 0.25) is 0 Å². The summed E-state index contributed by atoms with van der Waals surface area (Å²) >= 11 is 5.61. The van der Waals surface area contributed by atoms with Crippen molar-refractivity contribution in [2.45, 2.75) is 45.3 Å². The summed E-state index contributed by atoms with van der Waals surface area (Å²) in [5, 5.41) is 3.11. The normalized spacial score (nSPS) is 14.6. The minimum atomic E-state index is -4.04. The first-order valence-corrected chi connectivity index (χ1v) is 5.76. The van der Waals surface area contributed by atoms with Crippen LogP contribution < -0.4 is 5.32 Å². The molecule has 0 aliphatic carbocycles. The highest BCUT2D eigenvalue weighted by Gasteiger charge is 2.26. The second-order valence-electron chi connectivity index (χ2n) is 4.00. The van der Waals surface area contributed by atoms with E-state index < -0.39 is 12.6 Å². The summed E-state index contributed by atoms with van der Waals surface area (Å²) in [6.07, 6.45) is -3.83. The Morgan fingerprint density at radius 1 is 1.27 bits per heavy atom. The molecule has 0 aromatic carbocycles. The van der Waals surface area contributed by atoms with Gasteiger partial charge in [-0.2, -0.15) is 13.2 Å². The first kappa shape index (κ1) is 15.0. The van der Waals surface area contributed by atoms with Crippen molar-refractivity contribution in [3.63, 3.8) is 0 Å². The van der Waals surface area contributed by atoms with Crippen molar-refractivity contribution in [1.29, 1.82) is 0 Å². The predicted molar refractivity (Wildman–Crippen MR) is 57.3 cm³/mol. The molecule has 0 spiro atoms. The molecule has 1 N–H and O–H groups in total. The van der Waals surface area contributed by atoms with Crippen LogP contribution in [0.15, 0.2) is 0 Å². The van der Waals surface area contributed by atoms with Gasteiger partial charge in [-0.05, 0) is 25.3 Å². The van der Waals surface area contributed by atoms with E-state index in [0.29, 0.717) is 18.3 Å². The molecule has 0 amide bonds. The number of rotatable bonds is 7. The highest BCUT2D eigenvalue weighted by Crippen LogP contribution is 2.20. The van der Waals surface area contributed by atoms with Crippen LogP contribution in [0.5, 0.6) is 0 Å². The topological polar surface area (TPSA) is 12.0 Å². The highest BCUT2D eigenvalue weighted by atomic mass is 35.5. The van der Waals surface area contributed by atoms with E-state index in [1.165, 1.54) is 0 Å². The fraction of sp³-hybridized carbons (Fsp3) is 1.00. The van der Waals surface area contributed by atoms with E-state index in [2.05, 4.69) is 5.32 Å². The van der Waals surface area contributed by atoms with Crippen LogP contribution in [0.1, 0.15) is 33.1 Å². The number of halogens is 4. The third-order valence-electron chi connectivity index (χ3n) is 2.27. The highest BCUT2D eigenvalue weighted by molar-refractivity contribution is 6.17. The number of hydrogen-bond acceptors (Lipinski definition) is 1. The average molecular weight is 246 g/mol. The molecule has 0 saturated carbocycles. The Labute approximate surface area is 94.4 Å². The van der Waals surface area contributed by atoms with E-state index >= 15 is 0 Å². The fourth-order valence-corrected chi connectivity index (χ4v) is 1.60. The van der Waals surface area contributed by atoms with Crippen LogP contribution in [0.4, 0.5) is 13.2 Å². The number of hydrogen-bond donors (Lipinski definition) is 1. The van der Waals surface area contributed by atoms with Gasteiger partial charge in [-0.25, -0.2) is 0 Å². The van der Waals surface area contributed by atoms with Crippen molar-refractivity contribution >= 4 is 11.6 Å². The average Bonchev–Trinajstić information content (AvgIpc) is 2.08. The largest absolute Gasteiger partial charge is 0.389 e. The number of alkyl halides is 4. The Bertz CT molecular complexity index is 159. The predicted octanol–water partition coefficient (Wildman–Crippen LogP) is 3.57. The second-order valence-corrected chi connectivity index (χ2v) is 4.38. The smallest absolute Gasteiger partial charge is 0.314 e. The molecule has 0 aliphatic heterocycles. The van der Waals surface area contributed by atoms with Crippen molar-refractivity contribution in [2.24, 2.45) is 5.92 Å². The Morgan fingerprint density at radius 2 is 1.87 bits per heavy atom. The monoisotopic (exact) mass is 245 g/mol. The molecule has 0 aliphatic rings. The Hall–Kier alpha value is 0.0400. The van der Waals surface area contributed by atoms with Gasteiger partial charge in [-0.1, -0.05) is 13.8 Å². The Morgan fingerprint density at radius 3 is 2.27 bits per heavy atom. The maximum absolute atomic E-state index is 11.8. The van der Waals surface area contributed by atoms with E-state index in [0.717, 1.165) is 6.42 Å². The molecule has 0 bridgehead atoms. The third kappa shape index (κ3) is 9.00. The molecule has 1 nitrogen and oxygen atoms in total. The minimum absolute atomic E-state index is 0.134. The summed E-state index contributed by atoms with van der Waals surface area (Å²) in [5.74, 6) is 0.935. The molecule has 15 heavy (non-hydrogen) atoms. The van der Waals surface area contributed by atoms with Crippen molar-refractivity contribution in [3.05, 3.63) is 0 Å². The van der Waals surface area contributed by atoms with Crippen molar-refractivity contribution in [3.8, 4) is 0 Å². The second kappa shape index (κ2) is 7.34. The molecule has 0 rings (SSSR count). The zero-order valence-corrected chi connectivity index (χ0v) is 9.96. The fourth-order valence-electron chi connectivity index (χ4n) is 1.36. The first-order chi connectivity index (χ1) is 6.87. The first-order valence-electron chi connectivity index (χ1n) is 5.23. The van der Waals surface area contributed by atoms with E-state index in [9.17, 15) is 13.2 Å². The van der Waals surface area contributed by atoms with E-state index in [4.69, 9.17) is 11.6 Å². The molecule has 92 valence electrons. The molecule has 0 heterocycles. The summed E-state index contributed by atoms with van der Waals surface area (Å²) < 4.78 is 35.5. The molecule has 1 unspecified atom stereocenters. The number of nitrogens with one attached hydrogen (secondary N) is 1. The summed E-state index contributed by atoms with van der Waals surface area (Å²) in [6, 6.07) is 0.218. The summed E-state index contributed by atoms with van der Waals surface area (Å²) in [5.41, 5.74) is 0. The third-order valence-corrected chi connectivity index (χ3v) is 2.49. The standard InChI is InChI=1S/C10H19ClF3N/c1-8(2)9(4-6-11)15-7-3-5-10(12,13)14/h8-9,15H,3-7H2,1-2H3. The lowest BCUT2D eigenvalue weighted by Crippen LogP contribution is -2.35. The van der Waals surface area contributed by atoms with Gasteiger partial charge < -0.3 is 5.32 Å². The summed E-state index contributed by atoms with van der Waals surface area (Å²) in [4.78, 5) is 0. The molecular weight excluding hydrogens is 227 g/mol. The van der Waals surface area contributed by atoms with E-state index in [-0.39, 0.29) is 12.5 Å². The van der Waals surface area contributed by atoms with Crippen LogP contribution in [-0.2, 0) is 0 Å². The Kier molecular flexibility index (Phi) is 7.36. The van der Waals surface area contributed by atoms with Gasteiger partial charge >= 0.3 is 6.18 Å². The lowest BCUT2D eigenvalue weighted by atomic mass is 10.0. The van der Waals surface area contributed by atoms with Gasteiger partial charge in [-0.15, -0.1) is 11.6 Å². The van der Waals surface area contributed by atoms with Gasteiger partial charge in [0.2, 0.25) is 0 Å². The van der Waals surface area contributed by atoms with Gasteiger partial charge in [0.1, 0.15) is 0 Å². The van der Waals surface area contributed by atoms with E-state index in [1.54, 1.807) is 0 Å². The van der Waals surface area contributed by atoms with Crippen molar-refractivity contribution in [1.82, 2.24) is 5.32 Å². The minimum Gasteiger partial charge on any atom is -0.314 e. The molecule has 0 radical (unpaired) electrons. The van der Waals surface area contributed by atoms with Gasteiger partial charge in [0, 0.05) is 18.3 Å². The summed E-state index contributed by atoms with van der Waals surface area (Å²) in [6.45, 7) is 4.47. The van der Waals surface area contributed by atoms with Crippen LogP contribution in [-0.4, -0.2) is 24.6 Å². The van der Waals surface area contributed by atoms with Gasteiger partial charge in [0.25, 0.3) is 0 Å². The van der Waals surface area contributed by atoms with E-state index in [1.807, 2.05) is 13.8 Å². The molecule has 1 atom stereocenters. The molecule has 0 aromatic rings. The van der Waals surface area contributed by atoms with Crippen LogP contribution >= 0.6 is 11.6 Å². The molecule has 5 heteroatoms. The van der Waals surface area contributed by atoms with Crippen LogP contribution in [0, 0.1) is 5.92 Å². The lowest BCUT2D eigenvalue weighted by Gasteiger charge is -2.21. The molecule has 0 fully saturated rings. The quantitative estimate of drug-likeness (QED) is 0.534. The maximum atomic E-state index is 11.8. The zero-order valence-electron chi connectivity index (χ0n) is 9.20. The SMILES string of the molecule is CC(C)C(CCCl)NCCCC(F)(F)F. The van der Waals surface area contributed by atoms with Gasteiger partial charge in [0.15, 0.2) is 0 Å². The maximum Gasteiger partial charge on any atom is 0.389 e. The van der Waals surface area contributed by atoms with Crippen LogP contribution in [0.25, 0.3) is 0 Å². The van der Waals surface area contributed by atoms with Gasteiger partial charge in [-0.3, -0.25) is 0 Å². The van der Waals surface area contributed by atoms with Gasteiger partial charge in [0.05, 0.1) is 0 Å². The molecule has 0 aromatic heterocycles.